The van der Waals surface area contributed by atoms with Crippen molar-refractivity contribution in [1.82, 2.24) is 5.32 Å². The van der Waals surface area contributed by atoms with E-state index < -0.39 is 17.3 Å². The number of carbonyl (C=O) groups excluding carboxylic acids is 1. The van der Waals surface area contributed by atoms with Crippen LogP contribution < -0.4 is 5.32 Å². The number of hydrogen-bond acceptors (Lipinski definition) is 2. The van der Waals surface area contributed by atoms with Gasteiger partial charge in [0.2, 0.25) is 5.91 Å². The molecule has 1 amide bonds. The van der Waals surface area contributed by atoms with Gasteiger partial charge < -0.3 is 10.4 Å². The fourth-order valence-corrected chi connectivity index (χ4v) is 3.69. The van der Waals surface area contributed by atoms with Crippen LogP contribution in [0.5, 0.6) is 0 Å². The highest BCUT2D eigenvalue weighted by Gasteiger charge is 2.65. The standard InChI is InChI=1S/C15H25NO3/c1-9-5-4-6-10(7-9)8-16-13(17)11-12(14(18)19)15(11,2)3/h9-12H,4-8H2,1-3H3,(H,16,17)(H,18,19)/t9?,10?,11-,12+/m1/s1. The van der Waals surface area contributed by atoms with Gasteiger partial charge in [0.25, 0.3) is 0 Å². The summed E-state index contributed by atoms with van der Waals surface area (Å²) in [5.41, 5.74) is -0.393. The predicted octanol–water partition coefficient (Wildman–Crippen LogP) is 2.29. The van der Waals surface area contributed by atoms with Crippen molar-refractivity contribution in [3.05, 3.63) is 0 Å². The highest BCUT2D eigenvalue weighted by atomic mass is 16.4. The van der Waals surface area contributed by atoms with Gasteiger partial charge in [0.05, 0.1) is 11.8 Å². The van der Waals surface area contributed by atoms with Gasteiger partial charge in [-0.3, -0.25) is 9.59 Å². The molecule has 0 bridgehead atoms. The summed E-state index contributed by atoms with van der Waals surface area (Å²) >= 11 is 0. The molecule has 4 atom stereocenters. The van der Waals surface area contributed by atoms with Gasteiger partial charge in [-0.15, -0.1) is 0 Å². The van der Waals surface area contributed by atoms with Gasteiger partial charge in [-0.2, -0.15) is 0 Å². The van der Waals surface area contributed by atoms with Gasteiger partial charge in [-0.05, 0) is 30.1 Å². The van der Waals surface area contributed by atoms with Crippen LogP contribution in [0, 0.1) is 29.1 Å². The summed E-state index contributed by atoms with van der Waals surface area (Å²) in [4.78, 5) is 23.1. The summed E-state index contributed by atoms with van der Waals surface area (Å²) in [6, 6.07) is 0. The SMILES string of the molecule is CC1CCCC(CNC(=O)[C@H]2[C@@H](C(=O)O)C2(C)C)C1. The Labute approximate surface area is 115 Å². The van der Waals surface area contributed by atoms with E-state index in [9.17, 15) is 9.59 Å². The number of nitrogens with one attached hydrogen (secondary N) is 1. The summed E-state index contributed by atoms with van der Waals surface area (Å²) in [5, 5.41) is 12.1. The van der Waals surface area contributed by atoms with Crippen LogP contribution in [0.25, 0.3) is 0 Å². The quantitative estimate of drug-likeness (QED) is 0.821. The van der Waals surface area contributed by atoms with Gasteiger partial charge in [0.15, 0.2) is 0 Å². The third kappa shape index (κ3) is 2.93. The lowest BCUT2D eigenvalue weighted by molar-refractivity contribution is -0.140. The van der Waals surface area contributed by atoms with Crippen LogP contribution in [0.4, 0.5) is 0 Å². The number of carboxylic acid groups (broad SMARTS) is 1. The summed E-state index contributed by atoms with van der Waals surface area (Å²) < 4.78 is 0. The fraction of sp³-hybridized carbons (Fsp3) is 0.867. The second-order valence-electron chi connectivity index (χ2n) is 7.00. The average Bonchev–Trinajstić information content (AvgIpc) is 2.90. The third-order valence-corrected chi connectivity index (χ3v) is 4.99. The number of carbonyl (C=O) groups is 2. The van der Waals surface area contributed by atoms with Crippen LogP contribution in [0.3, 0.4) is 0 Å². The summed E-state index contributed by atoms with van der Waals surface area (Å²) in [7, 11) is 0. The smallest absolute Gasteiger partial charge is 0.307 e. The Morgan fingerprint density at radius 2 is 1.95 bits per heavy atom. The van der Waals surface area contributed by atoms with Gasteiger partial charge in [0, 0.05) is 6.54 Å². The second kappa shape index (κ2) is 5.14. The largest absolute Gasteiger partial charge is 0.481 e. The summed E-state index contributed by atoms with van der Waals surface area (Å²) in [6.07, 6.45) is 4.90. The molecule has 108 valence electrons. The van der Waals surface area contributed by atoms with Crippen molar-refractivity contribution in [3.63, 3.8) is 0 Å². The molecule has 2 rings (SSSR count). The Balaban J connectivity index is 1.81. The lowest BCUT2D eigenvalue weighted by Crippen LogP contribution is -2.33. The van der Waals surface area contributed by atoms with Crippen molar-refractivity contribution in [3.8, 4) is 0 Å². The van der Waals surface area contributed by atoms with E-state index in [4.69, 9.17) is 5.11 Å². The van der Waals surface area contributed by atoms with Gasteiger partial charge in [-0.1, -0.05) is 33.6 Å². The van der Waals surface area contributed by atoms with E-state index in [2.05, 4.69) is 12.2 Å². The van der Waals surface area contributed by atoms with Crippen LogP contribution in [0.1, 0.15) is 46.5 Å². The molecule has 0 spiro atoms. The predicted molar refractivity (Wildman–Crippen MR) is 72.5 cm³/mol. The molecule has 2 N–H and O–H groups in total. The van der Waals surface area contributed by atoms with Crippen molar-refractivity contribution >= 4 is 11.9 Å². The highest BCUT2D eigenvalue weighted by molar-refractivity contribution is 5.91. The molecule has 4 heteroatoms. The number of rotatable bonds is 4. The molecule has 19 heavy (non-hydrogen) atoms. The molecule has 0 aromatic heterocycles. The zero-order chi connectivity index (χ0) is 14.2. The van der Waals surface area contributed by atoms with Crippen molar-refractivity contribution in [1.29, 1.82) is 0 Å². The van der Waals surface area contributed by atoms with Crippen LogP contribution >= 0.6 is 0 Å². The Hall–Kier alpha value is -1.06. The Kier molecular flexibility index (Phi) is 3.88. The topological polar surface area (TPSA) is 66.4 Å². The molecule has 4 nitrogen and oxygen atoms in total. The molecular formula is C15H25NO3. The van der Waals surface area contributed by atoms with E-state index in [1.54, 1.807) is 0 Å². The van der Waals surface area contributed by atoms with Crippen LogP contribution in [-0.2, 0) is 9.59 Å². The zero-order valence-corrected chi connectivity index (χ0v) is 12.1. The fourth-order valence-electron chi connectivity index (χ4n) is 3.69. The molecule has 2 fully saturated rings. The van der Waals surface area contributed by atoms with E-state index in [0.717, 1.165) is 5.92 Å². The molecule has 0 heterocycles. The first kappa shape index (κ1) is 14.4. The molecular weight excluding hydrogens is 242 g/mol. The number of carboxylic acids is 1. The first-order valence-electron chi connectivity index (χ1n) is 7.34. The first-order valence-corrected chi connectivity index (χ1v) is 7.34. The average molecular weight is 267 g/mol. The minimum atomic E-state index is -0.851. The molecule has 2 unspecified atom stereocenters. The Bertz CT molecular complexity index is 378. The molecule has 2 aliphatic carbocycles. The molecule has 0 aliphatic heterocycles. The zero-order valence-electron chi connectivity index (χ0n) is 12.1. The first-order chi connectivity index (χ1) is 8.84. The maximum Gasteiger partial charge on any atom is 0.307 e. The molecule has 0 aromatic carbocycles. The summed E-state index contributed by atoms with van der Waals surface area (Å²) in [6.45, 7) is 6.69. The van der Waals surface area contributed by atoms with E-state index in [1.807, 2.05) is 13.8 Å². The molecule has 0 aromatic rings. The Morgan fingerprint density at radius 1 is 1.26 bits per heavy atom. The van der Waals surface area contributed by atoms with Crippen molar-refractivity contribution in [2.45, 2.75) is 46.5 Å². The minimum Gasteiger partial charge on any atom is -0.481 e. The minimum absolute atomic E-state index is 0.0735. The lowest BCUT2D eigenvalue weighted by Gasteiger charge is -2.26. The highest BCUT2D eigenvalue weighted by Crippen LogP contribution is 2.58. The van der Waals surface area contributed by atoms with Crippen molar-refractivity contribution < 1.29 is 14.7 Å². The molecule has 2 saturated carbocycles. The number of hydrogen-bond donors (Lipinski definition) is 2. The Morgan fingerprint density at radius 3 is 2.47 bits per heavy atom. The lowest BCUT2D eigenvalue weighted by atomic mass is 9.82. The molecule has 0 saturated heterocycles. The van der Waals surface area contributed by atoms with Crippen molar-refractivity contribution in [2.75, 3.05) is 6.54 Å². The van der Waals surface area contributed by atoms with Gasteiger partial charge in [0.1, 0.15) is 0 Å². The van der Waals surface area contributed by atoms with E-state index in [-0.39, 0.29) is 11.8 Å². The number of amides is 1. The van der Waals surface area contributed by atoms with Gasteiger partial charge >= 0.3 is 5.97 Å². The normalized spacial score (nSPS) is 36.6. The molecule has 2 aliphatic rings. The van der Waals surface area contributed by atoms with Crippen LogP contribution in [0.2, 0.25) is 0 Å². The molecule has 0 radical (unpaired) electrons. The monoisotopic (exact) mass is 267 g/mol. The maximum absolute atomic E-state index is 12.1. The summed E-state index contributed by atoms with van der Waals surface area (Å²) in [5.74, 6) is -0.478. The van der Waals surface area contributed by atoms with Crippen LogP contribution in [0.15, 0.2) is 0 Å². The van der Waals surface area contributed by atoms with Crippen LogP contribution in [-0.4, -0.2) is 23.5 Å². The maximum atomic E-state index is 12.1. The van der Waals surface area contributed by atoms with Gasteiger partial charge in [-0.25, -0.2) is 0 Å². The van der Waals surface area contributed by atoms with E-state index >= 15 is 0 Å². The van der Waals surface area contributed by atoms with E-state index in [1.165, 1.54) is 25.7 Å². The third-order valence-electron chi connectivity index (χ3n) is 4.99. The number of aliphatic carboxylic acids is 1. The van der Waals surface area contributed by atoms with Crippen molar-refractivity contribution in [2.24, 2.45) is 29.1 Å². The van der Waals surface area contributed by atoms with E-state index in [0.29, 0.717) is 12.5 Å². The second-order valence-corrected chi connectivity index (χ2v) is 7.00.